The van der Waals surface area contributed by atoms with Gasteiger partial charge in [0.25, 0.3) is 0 Å². The van der Waals surface area contributed by atoms with E-state index in [0.717, 1.165) is 23.7 Å². The minimum Gasteiger partial charge on any atom is -0.0648 e. The van der Waals surface area contributed by atoms with Crippen LogP contribution in [0.15, 0.2) is 0 Å². The average molecular weight is 152 g/mol. The molecule has 5 unspecified atom stereocenters. The molecule has 0 heterocycles. The fraction of sp³-hybridized carbons (Fsp3) is 1.00. The van der Waals surface area contributed by atoms with Gasteiger partial charge < -0.3 is 0 Å². The van der Waals surface area contributed by atoms with E-state index >= 15 is 0 Å². The zero-order valence-electron chi connectivity index (χ0n) is 8.22. The van der Waals surface area contributed by atoms with Crippen LogP contribution in [0.1, 0.15) is 40.5 Å². The van der Waals surface area contributed by atoms with Crippen LogP contribution < -0.4 is 0 Å². The Morgan fingerprint density at radius 1 is 1.36 bits per heavy atom. The van der Waals surface area contributed by atoms with Crippen molar-refractivity contribution in [2.75, 3.05) is 0 Å². The Hall–Kier alpha value is 0. The van der Waals surface area contributed by atoms with Crippen molar-refractivity contribution in [1.29, 1.82) is 0 Å². The first kappa shape index (κ1) is 7.64. The third kappa shape index (κ3) is 0.666. The standard InChI is InChI=1S/C11H20/c1-5-11(4)8(3)9-6-7(2)10(9)11/h7-10H,5-6H2,1-4H3. The Labute approximate surface area is 70.4 Å². The largest absolute Gasteiger partial charge is 0.0648 e. The van der Waals surface area contributed by atoms with E-state index in [9.17, 15) is 0 Å². The topological polar surface area (TPSA) is 0 Å². The lowest BCUT2D eigenvalue weighted by molar-refractivity contribution is -0.205. The van der Waals surface area contributed by atoms with E-state index in [2.05, 4.69) is 27.7 Å². The summed E-state index contributed by atoms with van der Waals surface area (Å²) in [5.74, 6) is 4.23. The van der Waals surface area contributed by atoms with Crippen molar-refractivity contribution in [2.24, 2.45) is 29.1 Å². The molecular weight excluding hydrogens is 132 g/mol. The molecule has 0 N–H and O–H groups in total. The molecule has 0 radical (unpaired) electrons. The molecule has 0 bridgehead atoms. The molecule has 0 amide bonds. The summed E-state index contributed by atoms with van der Waals surface area (Å²) in [6.07, 6.45) is 2.90. The second-order valence-electron chi connectivity index (χ2n) is 5.05. The molecule has 64 valence electrons. The normalized spacial score (nSPS) is 61.1. The van der Waals surface area contributed by atoms with Crippen molar-refractivity contribution in [2.45, 2.75) is 40.5 Å². The molecule has 0 heteroatoms. The van der Waals surface area contributed by atoms with Crippen LogP contribution in [-0.4, -0.2) is 0 Å². The van der Waals surface area contributed by atoms with Gasteiger partial charge in [-0.3, -0.25) is 0 Å². The summed E-state index contributed by atoms with van der Waals surface area (Å²) in [6, 6.07) is 0. The minimum absolute atomic E-state index is 0.711. The molecular formula is C11H20. The molecule has 2 aliphatic rings. The highest BCUT2D eigenvalue weighted by atomic mass is 14.7. The van der Waals surface area contributed by atoms with Gasteiger partial charge in [0.1, 0.15) is 0 Å². The van der Waals surface area contributed by atoms with E-state index in [4.69, 9.17) is 0 Å². The van der Waals surface area contributed by atoms with Crippen LogP contribution >= 0.6 is 0 Å². The summed E-state index contributed by atoms with van der Waals surface area (Å²) in [5.41, 5.74) is 0.711. The molecule has 0 spiro atoms. The maximum absolute atomic E-state index is 2.49. The van der Waals surface area contributed by atoms with Crippen molar-refractivity contribution >= 4 is 0 Å². The second kappa shape index (κ2) is 2.02. The van der Waals surface area contributed by atoms with Gasteiger partial charge in [0.15, 0.2) is 0 Å². The van der Waals surface area contributed by atoms with Crippen LogP contribution in [-0.2, 0) is 0 Å². The lowest BCUT2D eigenvalue weighted by Crippen LogP contribution is -2.63. The number of rotatable bonds is 1. The maximum Gasteiger partial charge on any atom is -0.0266 e. The highest BCUT2D eigenvalue weighted by Gasteiger charge is 2.62. The fourth-order valence-electron chi connectivity index (χ4n) is 3.83. The Morgan fingerprint density at radius 3 is 2.36 bits per heavy atom. The van der Waals surface area contributed by atoms with Crippen molar-refractivity contribution in [3.05, 3.63) is 0 Å². The number of hydrogen-bond acceptors (Lipinski definition) is 0. The van der Waals surface area contributed by atoms with E-state index in [1.807, 2.05) is 0 Å². The Balaban J connectivity index is 2.12. The third-order valence-electron chi connectivity index (χ3n) is 4.92. The summed E-state index contributed by atoms with van der Waals surface area (Å²) < 4.78 is 0. The fourth-order valence-corrected chi connectivity index (χ4v) is 3.83. The van der Waals surface area contributed by atoms with Gasteiger partial charge in [-0.25, -0.2) is 0 Å². The monoisotopic (exact) mass is 152 g/mol. The molecule has 5 atom stereocenters. The number of hydrogen-bond donors (Lipinski definition) is 0. The Morgan fingerprint density at radius 2 is 2.00 bits per heavy atom. The molecule has 2 saturated carbocycles. The average Bonchev–Trinajstić information content (AvgIpc) is 1.98. The van der Waals surface area contributed by atoms with Crippen molar-refractivity contribution in [1.82, 2.24) is 0 Å². The van der Waals surface area contributed by atoms with Gasteiger partial charge in [-0.15, -0.1) is 0 Å². The summed E-state index contributed by atoms with van der Waals surface area (Å²) in [7, 11) is 0. The van der Waals surface area contributed by atoms with E-state index < -0.39 is 0 Å². The molecule has 0 aliphatic heterocycles. The second-order valence-corrected chi connectivity index (χ2v) is 5.05. The lowest BCUT2D eigenvalue weighted by atomic mass is 9.36. The molecule has 0 aromatic heterocycles. The van der Waals surface area contributed by atoms with Crippen LogP contribution in [0.3, 0.4) is 0 Å². The SMILES string of the molecule is CCC1(C)C(C)C2CC(C)C21. The van der Waals surface area contributed by atoms with E-state index in [1.165, 1.54) is 12.8 Å². The molecule has 0 nitrogen and oxygen atoms in total. The van der Waals surface area contributed by atoms with Crippen LogP contribution in [0.5, 0.6) is 0 Å². The smallest absolute Gasteiger partial charge is 0.0266 e. The molecule has 2 aliphatic carbocycles. The summed E-state index contributed by atoms with van der Waals surface area (Å²) in [4.78, 5) is 0. The molecule has 11 heavy (non-hydrogen) atoms. The summed E-state index contributed by atoms with van der Waals surface area (Å²) in [6.45, 7) is 9.74. The van der Waals surface area contributed by atoms with Gasteiger partial charge in [-0.2, -0.15) is 0 Å². The lowest BCUT2D eigenvalue weighted by Gasteiger charge is -2.69. The van der Waals surface area contributed by atoms with Gasteiger partial charge in [-0.1, -0.05) is 34.1 Å². The van der Waals surface area contributed by atoms with Crippen LogP contribution in [0.4, 0.5) is 0 Å². The highest BCUT2D eigenvalue weighted by molar-refractivity contribution is 5.10. The van der Waals surface area contributed by atoms with Gasteiger partial charge in [-0.05, 0) is 35.5 Å². The third-order valence-corrected chi connectivity index (χ3v) is 4.92. The predicted molar refractivity (Wildman–Crippen MR) is 48.3 cm³/mol. The first-order valence-electron chi connectivity index (χ1n) is 5.11. The van der Waals surface area contributed by atoms with Crippen molar-refractivity contribution in [3.63, 3.8) is 0 Å². The van der Waals surface area contributed by atoms with Gasteiger partial charge in [0, 0.05) is 0 Å². The maximum atomic E-state index is 2.49. The molecule has 0 saturated heterocycles. The zero-order chi connectivity index (χ0) is 8.22. The first-order chi connectivity index (χ1) is 5.11. The van der Waals surface area contributed by atoms with Crippen LogP contribution in [0.2, 0.25) is 0 Å². The Kier molecular flexibility index (Phi) is 1.41. The van der Waals surface area contributed by atoms with E-state index in [1.54, 1.807) is 0 Å². The minimum atomic E-state index is 0.711. The number of fused-ring (bicyclic) bond motifs is 1. The van der Waals surface area contributed by atoms with Gasteiger partial charge in [0.05, 0.1) is 0 Å². The first-order valence-corrected chi connectivity index (χ1v) is 5.11. The predicted octanol–water partition coefficient (Wildman–Crippen LogP) is 3.32. The Bertz CT molecular complexity index is 173. The molecule has 2 rings (SSSR count). The van der Waals surface area contributed by atoms with Crippen molar-refractivity contribution < 1.29 is 0 Å². The highest BCUT2D eigenvalue weighted by Crippen LogP contribution is 2.69. The molecule has 2 fully saturated rings. The molecule has 0 aromatic rings. The molecule has 0 aromatic carbocycles. The van der Waals surface area contributed by atoms with E-state index in [-0.39, 0.29) is 0 Å². The van der Waals surface area contributed by atoms with E-state index in [0.29, 0.717) is 5.41 Å². The quantitative estimate of drug-likeness (QED) is 0.540. The van der Waals surface area contributed by atoms with Crippen LogP contribution in [0.25, 0.3) is 0 Å². The van der Waals surface area contributed by atoms with Gasteiger partial charge >= 0.3 is 0 Å². The zero-order valence-corrected chi connectivity index (χ0v) is 8.22. The summed E-state index contributed by atoms with van der Waals surface area (Å²) in [5, 5.41) is 0. The van der Waals surface area contributed by atoms with Crippen molar-refractivity contribution in [3.8, 4) is 0 Å². The van der Waals surface area contributed by atoms with Gasteiger partial charge in [0.2, 0.25) is 0 Å². The van der Waals surface area contributed by atoms with Crippen LogP contribution in [0, 0.1) is 29.1 Å². The summed E-state index contributed by atoms with van der Waals surface area (Å²) >= 11 is 0.